The third-order valence-corrected chi connectivity index (χ3v) is 1.92. The van der Waals surface area contributed by atoms with E-state index >= 15 is 0 Å². The lowest BCUT2D eigenvalue weighted by molar-refractivity contribution is 0.106. The zero-order valence-corrected chi connectivity index (χ0v) is 9.44. The van der Waals surface area contributed by atoms with Gasteiger partial charge in [0.15, 0.2) is 0 Å². The lowest BCUT2D eigenvalue weighted by atomic mass is 10.2. The highest BCUT2D eigenvalue weighted by Gasteiger charge is 1.93. The second kappa shape index (κ2) is 10.0. The van der Waals surface area contributed by atoms with Crippen molar-refractivity contribution < 1.29 is 4.74 Å². The van der Waals surface area contributed by atoms with Crippen molar-refractivity contribution in [2.45, 2.75) is 39.5 Å². The number of unbranched alkanes of at least 4 members (excludes halogenated alkanes) is 3. The molecule has 0 heterocycles. The largest absolute Gasteiger partial charge is 0.381 e. The predicted octanol–water partition coefficient (Wildman–Crippen LogP) is 2.44. The maximum absolute atomic E-state index is 5.49. The van der Waals surface area contributed by atoms with Gasteiger partial charge in [0.25, 0.3) is 0 Å². The van der Waals surface area contributed by atoms with Gasteiger partial charge in [0, 0.05) is 13.2 Å². The number of rotatable bonds is 9. The minimum atomic E-state index is 0.671. The predicted molar refractivity (Wildman–Crippen MR) is 58.1 cm³/mol. The summed E-state index contributed by atoms with van der Waals surface area (Å²) in [4.78, 5) is 0. The van der Waals surface area contributed by atoms with Gasteiger partial charge in [0.1, 0.15) is 0 Å². The summed E-state index contributed by atoms with van der Waals surface area (Å²) in [5, 5.41) is 3.15. The molecule has 0 atom stereocenters. The maximum Gasteiger partial charge on any atom is 0.0488 e. The Kier molecular flexibility index (Phi) is 9.94. The summed E-state index contributed by atoms with van der Waals surface area (Å²) in [7, 11) is 2.01. The van der Waals surface area contributed by atoms with Crippen molar-refractivity contribution in [2.75, 3.05) is 26.8 Å². The fourth-order valence-electron chi connectivity index (χ4n) is 1.18. The Morgan fingerprint density at radius 3 is 2.38 bits per heavy atom. The van der Waals surface area contributed by atoms with Gasteiger partial charge in [-0.1, -0.05) is 26.7 Å². The van der Waals surface area contributed by atoms with Crippen LogP contribution in [-0.4, -0.2) is 26.8 Å². The first-order chi connectivity index (χ1) is 6.27. The topological polar surface area (TPSA) is 21.3 Å². The summed E-state index contributed by atoms with van der Waals surface area (Å²) in [5.74, 6) is 0.671. The molecule has 0 radical (unpaired) electrons. The van der Waals surface area contributed by atoms with Crippen molar-refractivity contribution in [3.8, 4) is 0 Å². The van der Waals surface area contributed by atoms with Crippen molar-refractivity contribution in [1.29, 1.82) is 0 Å². The third-order valence-electron chi connectivity index (χ3n) is 1.92. The van der Waals surface area contributed by atoms with Gasteiger partial charge in [-0.15, -0.1) is 0 Å². The van der Waals surface area contributed by atoms with Gasteiger partial charge >= 0.3 is 0 Å². The van der Waals surface area contributed by atoms with Gasteiger partial charge in [-0.3, -0.25) is 0 Å². The molecule has 0 aromatic carbocycles. The monoisotopic (exact) mass is 187 g/mol. The van der Waals surface area contributed by atoms with Crippen molar-refractivity contribution >= 4 is 0 Å². The molecule has 13 heavy (non-hydrogen) atoms. The number of hydrogen-bond donors (Lipinski definition) is 1. The van der Waals surface area contributed by atoms with Gasteiger partial charge in [-0.2, -0.15) is 0 Å². The van der Waals surface area contributed by atoms with Gasteiger partial charge in [-0.05, 0) is 32.4 Å². The first kappa shape index (κ1) is 12.9. The molecule has 0 saturated heterocycles. The number of nitrogens with one attached hydrogen (secondary N) is 1. The van der Waals surface area contributed by atoms with Gasteiger partial charge in [-0.25, -0.2) is 0 Å². The highest BCUT2D eigenvalue weighted by atomic mass is 16.5. The lowest BCUT2D eigenvalue weighted by Crippen LogP contribution is -2.07. The Hall–Kier alpha value is -0.0800. The van der Waals surface area contributed by atoms with E-state index < -0.39 is 0 Å². The molecule has 0 rings (SSSR count). The van der Waals surface area contributed by atoms with E-state index in [2.05, 4.69) is 19.2 Å². The summed E-state index contributed by atoms with van der Waals surface area (Å²) in [6.07, 6.45) is 5.14. The molecule has 0 aliphatic carbocycles. The van der Waals surface area contributed by atoms with Crippen LogP contribution in [0.1, 0.15) is 39.5 Å². The SMILES string of the molecule is CNCCCCCCOCC(C)C. The molecule has 2 heteroatoms. The standard InChI is InChI=1S/C11H25NO/c1-11(2)10-13-9-7-5-4-6-8-12-3/h11-12H,4-10H2,1-3H3. The van der Waals surface area contributed by atoms with E-state index in [0.717, 1.165) is 19.8 Å². The van der Waals surface area contributed by atoms with Gasteiger partial charge < -0.3 is 10.1 Å². The Bertz CT molecular complexity index is 94.1. The van der Waals surface area contributed by atoms with Crippen LogP contribution in [0.5, 0.6) is 0 Å². The molecule has 0 aliphatic heterocycles. The molecule has 0 aromatic rings. The minimum absolute atomic E-state index is 0.671. The lowest BCUT2D eigenvalue weighted by Gasteiger charge is -2.06. The molecule has 0 aliphatic rings. The van der Waals surface area contributed by atoms with Crippen LogP contribution >= 0.6 is 0 Å². The molecule has 1 N–H and O–H groups in total. The van der Waals surface area contributed by atoms with E-state index in [-0.39, 0.29) is 0 Å². The number of ether oxygens (including phenoxy) is 1. The van der Waals surface area contributed by atoms with Crippen LogP contribution in [0.4, 0.5) is 0 Å². The Balaban J connectivity index is 2.84. The van der Waals surface area contributed by atoms with E-state index in [9.17, 15) is 0 Å². The van der Waals surface area contributed by atoms with E-state index in [4.69, 9.17) is 4.74 Å². The molecule has 0 aromatic heterocycles. The minimum Gasteiger partial charge on any atom is -0.381 e. The Morgan fingerprint density at radius 1 is 1.08 bits per heavy atom. The van der Waals surface area contributed by atoms with Crippen LogP contribution in [0.3, 0.4) is 0 Å². The fraction of sp³-hybridized carbons (Fsp3) is 1.00. The average Bonchev–Trinajstić information content (AvgIpc) is 2.09. The second-order valence-corrected chi connectivity index (χ2v) is 3.99. The molecule has 0 fully saturated rings. The molecule has 2 nitrogen and oxygen atoms in total. The summed E-state index contributed by atoms with van der Waals surface area (Å²) in [6.45, 7) is 7.38. The molecular formula is C11H25NO. The quantitative estimate of drug-likeness (QED) is 0.560. The van der Waals surface area contributed by atoms with Crippen LogP contribution in [0, 0.1) is 5.92 Å². The van der Waals surface area contributed by atoms with E-state index in [1.165, 1.54) is 25.7 Å². The van der Waals surface area contributed by atoms with E-state index in [1.807, 2.05) is 7.05 Å². The van der Waals surface area contributed by atoms with E-state index in [0.29, 0.717) is 5.92 Å². The molecule has 80 valence electrons. The van der Waals surface area contributed by atoms with Crippen LogP contribution in [0.15, 0.2) is 0 Å². The molecule has 0 unspecified atom stereocenters. The first-order valence-corrected chi connectivity index (χ1v) is 5.49. The van der Waals surface area contributed by atoms with Crippen LogP contribution in [-0.2, 0) is 4.74 Å². The third kappa shape index (κ3) is 11.9. The molecule has 0 amide bonds. The summed E-state index contributed by atoms with van der Waals surface area (Å²) >= 11 is 0. The Labute approximate surface area is 83.1 Å². The normalized spacial score (nSPS) is 11.1. The van der Waals surface area contributed by atoms with Gasteiger partial charge in [0.2, 0.25) is 0 Å². The Morgan fingerprint density at radius 2 is 1.77 bits per heavy atom. The maximum atomic E-state index is 5.49. The van der Waals surface area contributed by atoms with Gasteiger partial charge in [0.05, 0.1) is 0 Å². The van der Waals surface area contributed by atoms with Crippen molar-refractivity contribution in [3.05, 3.63) is 0 Å². The zero-order valence-electron chi connectivity index (χ0n) is 9.44. The van der Waals surface area contributed by atoms with Crippen LogP contribution in [0.25, 0.3) is 0 Å². The zero-order chi connectivity index (χ0) is 9.94. The second-order valence-electron chi connectivity index (χ2n) is 3.99. The molecular weight excluding hydrogens is 162 g/mol. The molecule has 0 saturated carbocycles. The smallest absolute Gasteiger partial charge is 0.0488 e. The summed E-state index contributed by atoms with van der Waals surface area (Å²) < 4.78 is 5.49. The molecule has 0 spiro atoms. The van der Waals surface area contributed by atoms with Crippen molar-refractivity contribution in [2.24, 2.45) is 5.92 Å². The summed E-state index contributed by atoms with van der Waals surface area (Å²) in [6, 6.07) is 0. The van der Waals surface area contributed by atoms with Crippen LogP contribution in [0.2, 0.25) is 0 Å². The number of hydrogen-bond acceptors (Lipinski definition) is 2. The fourth-order valence-corrected chi connectivity index (χ4v) is 1.18. The molecule has 0 bridgehead atoms. The van der Waals surface area contributed by atoms with Crippen molar-refractivity contribution in [3.63, 3.8) is 0 Å². The van der Waals surface area contributed by atoms with Crippen LogP contribution < -0.4 is 5.32 Å². The highest BCUT2D eigenvalue weighted by Crippen LogP contribution is 2.00. The van der Waals surface area contributed by atoms with Crippen molar-refractivity contribution in [1.82, 2.24) is 5.32 Å². The van der Waals surface area contributed by atoms with E-state index in [1.54, 1.807) is 0 Å². The highest BCUT2D eigenvalue weighted by molar-refractivity contribution is 4.46. The summed E-state index contributed by atoms with van der Waals surface area (Å²) in [5.41, 5.74) is 0. The average molecular weight is 187 g/mol. The first-order valence-electron chi connectivity index (χ1n) is 5.49.